The first kappa shape index (κ1) is 16.3. The second kappa shape index (κ2) is 7.12. The van der Waals surface area contributed by atoms with Gasteiger partial charge in [0.25, 0.3) is 5.91 Å². The van der Waals surface area contributed by atoms with E-state index in [1.165, 1.54) is 11.3 Å². The van der Waals surface area contributed by atoms with E-state index < -0.39 is 0 Å². The molecule has 1 aliphatic carbocycles. The number of hydrogen-bond acceptors (Lipinski definition) is 4. The van der Waals surface area contributed by atoms with Gasteiger partial charge in [-0.25, -0.2) is 0 Å². The van der Waals surface area contributed by atoms with E-state index in [0.29, 0.717) is 23.1 Å². The van der Waals surface area contributed by atoms with Crippen LogP contribution in [0.25, 0.3) is 0 Å². The number of methoxy groups -OCH3 is 1. The topological polar surface area (TPSA) is 64.3 Å². The summed E-state index contributed by atoms with van der Waals surface area (Å²) in [7, 11) is 1.59. The lowest BCUT2D eigenvalue weighted by Crippen LogP contribution is -2.39. The van der Waals surface area contributed by atoms with Gasteiger partial charge in [0.2, 0.25) is 0 Å². The first-order valence-electron chi connectivity index (χ1n) is 6.31. The predicted molar refractivity (Wildman–Crippen MR) is 80.5 cm³/mol. The van der Waals surface area contributed by atoms with E-state index in [0.717, 1.165) is 24.1 Å². The van der Waals surface area contributed by atoms with Crippen LogP contribution in [0.3, 0.4) is 0 Å². The number of hydrogen-bond donors (Lipinski definition) is 2. The van der Waals surface area contributed by atoms with Crippen molar-refractivity contribution in [3.63, 3.8) is 0 Å². The summed E-state index contributed by atoms with van der Waals surface area (Å²) < 4.78 is 5.23. The molecule has 1 saturated carbocycles. The first-order valence-corrected chi connectivity index (χ1v) is 7.12. The molecule has 1 fully saturated rings. The van der Waals surface area contributed by atoms with E-state index in [-0.39, 0.29) is 24.4 Å². The summed E-state index contributed by atoms with van der Waals surface area (Å²) >= 11 is 1.47. The third-order valence-electron chi connectivity index (χ3n) is 3.53. The van der Waals surface area contributed by atoms with E-state index >= 15 is 0 Å². The smallest absolute Gasteiger partial charge is 0.265 e. The van der Waals surface area contributed by atoms with Crippen molar-refractivity contribution in [1.82, 2.24) is 5.32 Å². The molecule has 2 atom stereocenters. The number of aryl methyl sites for hydroxylation is 1. The Labute approximate surface area is 124 Å². The summed E-state index contributed by atoms with van der Waals surface area (Å²) in [6.07, 6.45) is 3.29. The lowest BCUT2D eigenvalue weighted by atomic mass is 10.0. The Balaban J connectivity index is 0.00000180. The lowest BCUT2D eigenvalue weighted by Gasteiger charge is -2.19. The molecule has 1 aromatic rings. The van der Waals surface area contributed by atoms with Crippen LogP contribution in [0.1, 0.15) is 33.8 Å². The summed E-state index contributed by atoms with van der Waals surface area (Å²) in [6, 6.07) is 2.11. The maximum Gasteiger partial charge on any atom is 0.265 e. The van der Waals surface area contributed by atoms with Crippen molar-refractivity contribution in [3.8, 4) is 5.75 Å². The van der Waals surface area contributed by atoms with Crippen LogP contribution in [0, 0.1) is 12.8 Å². The van der Waals surface area contributed by atoms with Crippen molar-refractivity contribution >= 4 is 29.7 Å². The van der Waals surface area contributed by atoms with Crippen molar-refractivity contribution in [2.45, 2.75) is 32.2 Å². The average Bonchev–Trinajstić information content (AvgIpc) is 2.94. The zero-order valence-corrected chi connectivity index (χ0v) is 12.9. The Morgan fingerprint density at radius 3 is 2.95 bits per heavy atom. The Hall–Kier alpha value is -0.780. The Bertz CT molecular complexity index is 436. The molecule has 0 spiro atoms. The number of nitrogens with one attached hydrogen (secondary N) is 1. The monoisotopic (exact) mass is 304 g/mol. The maximum atomic E-state index is 12.2. The molecular formula is C13H21ClN2O2S. The average molecular weight is 305 g/mol. The van der Waals surface area contributed by atoms with E-state index in [1.54, 1.807) is 7.11 Å². The number of rotatable bonds is 4. The fraction of sp³-hybridized carbons (Fsp3) is 0.615. The maximum absolute atomic E-state index is 12.2. The van der Waals surface area contributed by atoms with Gasteiger partial charge in [0.15, 0.2) is 0 Å². The molecule has 6 heteroatoms. The molecule has 1 aliphatic rings. The van der Waals surface area contributed by atoms with Crippen LogP contribution in [0.15, 0.2) is 6.07 Å². The summed E-state index contributed by atoms with van der Waals surface area (Å²) in [5, 5.41) is 3.10. The van der Waals surface area contributed by atoms with Gasteiger partial charge in [-0.2, -0.15) is 0 Å². The second-order valence-corrected chi connectivity index (χ2v) is 6.02. The summed E-state index contributed by atoms with van der Waals surface area (Å²) in [5.41, 5.74) is 5.73. The van der Waals surface area contributed by atoms with E-state index in [2.05, 4.69) is 5.32 Å². The van der Waals surface area contributed by atoms with Crippen molar-refractivity contribution in [2.75, 3.05) is 13.7 Å². The van der Waals surface area contributed by atoms with Crippen LogP contribution < -0.4 is 15.8 Å². The van der Waals surface area contributed by atoms with Crippen LogP contribution in [0.2, 0.25) is 0 Å². The van der Waals surface area contributed by atoms with Crippen molar-refractivity contribution in [1.29, 1.82) is 0 Å². The zero-order chi connectivity index (χ0) is 13.1. The number of thiophene rings is 1. The van der Waals surface area contributed by atoms with Gasteiger partial charge >= 0.3 is 0 Å². The zero-order valence-electron chi connectivity index (χ0n) is 11.3. The fourth-order valence-corrected chi connectivity index (χ4v) is 3.43. The highest BCUT2D eigenvalue weighted by molar-refractivity contribution is 7.14. The molecule has 2 unspecified atom stereocenters. The predicted octanol–water partition coefficient (Wildman–Crippen LogP) is 2.34. The largest absolute Gasteiger partial charge is 0.495 e. The molecule has 1 amide bonds. The van der Waals surface area contributed by atoms with Gasteiger partial charge in [0.05, 0.1) is 7.11 Å². The lowest BCUT2D eigenvalue weighted by molar-refractivity contribution is 0.0930. The molecule has 0 saturated heterocycles. The van der Waals surface area contributed by atoms with Gasteiger partial charge < -0.3 is 15.8 Å². The number of amides is 1. The highest BCUT2D eigenvalue weighted by atomic mass is 35.5. The van der Waals surface area contributed by atoms with Crippen LogP contribution in [0.4, 0.5) is 0 Å². The molecular weight excluding hydrogens is 284 g/mol. The number of nitrogens with two attached hydrogens (primary N) is 1. The molecule has 1 aromatic heterocycles. The molecule has 1 heterocycles. The standard InChI is InChI=1S/C13H20N2O2S.ClH/c1-8-6-11(17-2)12(18-8)13(16)15-10-5-3-4-9(10)7-14;/h6,9-10H,3-5,7,14H2,1-2H3,(H,15,16);1H. The van der Waals surface area contributed by atoms with E-state index in [1.807, 2.05) is 13.0 Å². The highest BCUT2D eigenvalue weighted by Gasteiger charge is 2.28. The highest BCUT2D eigenvalue weighted by Crippen LogP contribution is 2.30. The minimum Gasteiger partial charge on any atom is -0.495 e. The quantitative estimate of drug-likeness (QED) is 0.897. The second-order valence-electron chi connectivity index (χ2n) is 4.76. The van der Waals surface area contributed by atoms with Gasteiger partial charge in [0, 0.05) is 10.9 Å². The molecule has 4 nitrogen and oxygen atoms in total. The van der Waals surface area contributed by atoms with Gasteiger partial charge in [-0.3, -0.25) is 4.79 Å². The van der Waals surface area contributed by atoms with E-state index in [9.17, 15) is 4.79 Å². The molecule has 19 heavy (non-hydrogen) atoms. The third kappa shape index (κ3) is 3.61. The minimum atomic E-state index is -0.0321. The van der Waals surface area contributed by atoms with Crippen molar-refractivity contribution in [2.24, 2.45) is 11.7 Å². The summed E-state index contributed by atoms with van der Waals surface area (Å²) in [4.78, 5) is 14.0. The summed E-state index contributed by atoms with van der Waals surface area (Å²) in [5.74, 6) is 1.05. The molecule has 0 aliphatic heterocycles. The minimum absolute atomic E-state index is 0. The normalized spacial score (nSPS) is 21.8. The van der Waals surface area contributed by atoms with Crippen molar-refractivity contribution < 1.29 is 9.53 Å². The Kier molecular flexibility index (Phi) is 6.10. The molecule has 3 N–H and O–H groups in total. The molecule has 2 rings (SSSR count). The Morgan fingerprint density at radius 1 is 1.58 bits per heavy atom. The SMILES string of the molecule is COc1cc(C)sc1C(=O)NC1CCCC1CN.Cl. The van der Waals surface area contributed by atoms with Crippen LogP contribution in [-0.4, -0.2) is 25.6 Å². The van der Waals surface area contributed by atoms with Crippen LogP contribution >= 0.6 is 23.7 Å². The molecule has 0 bridgehead atoms. The number of ether oxygens (including phenoxy) is 1. The third-order valence-corrected chi connectivity index (χ3v) is 4.56. The molecule has 0 radical (unpaired) electrons. The van der Waals surface area contributed by atoms with Gasteiger partial charge in [-0.05, 0) is 38.3 Å². The first-order chi connectivity index (χ1) is 8.65. The van der Waals surface area contributed by atoms with Crippen molar-refractivity contribution in [3.05, 3.63) is 15.8 Å². The van der Waals surface area contributed by atoms with Gasteiger partial charge in [0.1, 0.15) is 10.6 Å². The van der Waals surface area contributed by atoms with Gasteiger partial charge in [-0.1, -0.05) is 6.42 Å². The number of halogens is 1. The number of carbonyl (C=O) groups is 1. The fourth-order valence-electron chi connectivity index (χ4n) is 2.54. The summed E-state index contributed by atoms with van der Waals surface area (Å²) in [6.45, 7) is 2.62. The van der Waals surface area contributed by atoms with E-state index in [4.69, 9.17) is 10.5 Å². The van der Waals surface area contributed by atoms with Crippen LogP contribution in [0.5, 0.6) is 5.75 Å². The number of carbonyl (C=O) groups excluding carboxylic acids is 1. The molecule has 108 valence electrons. The Morgan fingerprint density at radius 2 is 2.32 bits per heavy atom. The van der Waals surface area contributed by atoms with Gasteiger partial charge in [-0.15, -0.1) is 23.7 Å². The molecule has 0 aromatic carbocycles. The van der Waals surface area contributed by atoms with Crippen LogP contribution in [-0.2, 0) is 0 Å².